The predicted molar refractivity (Wildman–Crippen MR) is 51.4 cm³/mol. The number of nitrogens with zero attached hydrogens (tertiary/aromatic N) is 1. The van der Waals surface area contributed by atoms with Crippen molar-refractivity contribution in [2.75, 3.05) is 0 Å². The number of hydrogen-bond acceptors (Lipinski definition) is 2. The van der Waals surface area contributed by atoms with Crippen LogP contribution in [0.2, 0.25) is 0 Å². The van der Waals surface area contributed by atoms with Crippen LogP contribution in [-0.2, 0) is 6.54 Å². The van der Waals surface area contributed by atoms with Gasteiger partial charge in [-0.15, -0.1) is 12.4 Å². The molecule has 0 aromatic carbocycles. The summed E-state index contributed by atoms with van der Waals surface area (Å²) < 4.78 is 0. The van der Waals surface area contributed by atoms with E-state index in [0.717, 1.165) is 11.6 Å². The molecule has 2 nitrogen and oxygen atoms in total. The first kappa shape index (κ1) is 9.49. The molecule has 1 aromatic rings. The van der Waals surface area contributed by atoms with Crippen molar-refractivity contribution in [1.82, 2.24) is 4.98 Å². The van der Waals surface area contributed by atoms with E-state index < -0.39 is 0 Å². The molecule has 0 bridgehead atoms. The maximum absolute atomic E-state index is 5.55. The Balaban J connectivity index is 0.000000720. The van der Waals surface area contributed by atoms with Gasteiger partial charge in [0.15, 0.2) is 0 Å². The van der Waals surface area contributed by atoms with Gasteiger partial charge in [-0.1, -0.05) is 6.07 Å². The Labute approximate surface area is 78.6 Å². The molecule has 1 aliphatic carbocycles. The fourth-order valence-corrected chi connectivity index (χ4v) is 1.39. The standard InChI is InChI=1S/C9H12N2.ClH/c10-6-9-8(7-3-4-7)2-1-5-11-9;/h1-2,5,7H,3-4,6,10H2;1H. The second kappa shape index (κ2) is 3.87. The molecule has 1 fully saturated rings. The molecule has 0 atom stereocenters. The molecule has 0 unspecified atom stereocenters. The van der Waals surface area contributed by atoms with Gasteiger partial charge in [0.25, 0.3) is 0 Å². The molecule has 12 heavy (non-hydrogen) atoms. The summed E-state index contributed by atoms with van der Waals surface area (Å²) >= 11 is 0. The molecule has 1 heterocycles. The van der Waals surface area contributed by atoms with Gasteiger partial charge < -0.3 is 5.73 Å². The van der Waals surface area contributed by atoms with Gasteiger partial charge in [0, 0.05) is 12.7 Å². The van der Waals surface area contributed by atoms with Crippen LogP contribution < -0.4 is 5.73 Å². The summed E-state index contributed by atoms with van der Waals surface area (Å²) in [5, 5.41) is 0. The lowest BCUT2D eigenvalue weighted by molar-refractivity contribution is 0.930. The SMILES string of the molecule is Cl.NCc1ncccc1C1CC1. The molecule has 1 saturated carbocycles. The Kier molecular flexibility index (Phi) is 3.06. The van der Waals surface area contributed by atoms with Gasteiger partial charge in [0.1, 0.15) is 0 Å². The van der Waals surface area contributed by atoms with Gasteiger partial charge in [0.2, 0.25) is 0 Å². The van der Waals surface area contributed by atoms with E-state index >= 15 is 0 Å². The van der Waals surface area contributed by atoms with Crippen LogP contribution in [0.4, 0.5) is 0 Å². The number of aromatic nitrogens is 1. The minimum atomic E-state index is 0. The third-order valence-electron chi connectivity index (χ3n) is 2.14. The fourth-order valence-electron chi connectivity index (χ4n) is 1.39. The lowest BCUT2D eigenvalue weighted by Crippen LogP contribution is -2.02. The molecule has 0 spiro atoms. The Bertz CT molecular complexity index is 258. The normalized spacial score (nSPS) is 15.4. The summed E-state index contributed by atoms with van der Waals surface area (Å²) in [5.41, 5.74) is 8.00. The topological polar surface area (TPSA) is 38.9 Å². The summed E-state index contributed by atoms with van der Waals surface area (Å²) in [4.78, 5) is 4.23. The molecule has 0 amide bonds. The molecule has 2 rings (SSSR count). The monoisotopic (exact) mass is 184 g/mol. The zero-order chi connectivity index (χ0) is 7.68. The van der Waals surface area contributed by atoms with Crippen molar-refractivity contribution in [2.24, 2.45) is 5.73 Å². The fraction of sp³-hybridized carbons (Fsp3) is 0.444. The zero-order valence-corrected chi connectivity index (χ0v) is 7.68. The highest BCUT2D eigenvalue weighted by molar-refractivity contribution is 5.85. The van der Waals surface area contributed by atoms with E-state index in [1.54, 1.807) is 0 Å². The average Bonchev–Trinajstić information content (AvgIpc) is 2.87. The van der Waals surface area contributed by atoms with Crippen LogP contribution in [-0.4, -0.2) is 4.98 Å². The number of rotatable bonds is 2. The molecule has 1 aliphatic rings. The Morgan fingerprint density at radius 1 is 1.50 bits per heavy atom. The van der Waals surface area contributed by atoms with Crippen molar-refractivity contribution in [3.63, 3.8) is 0 Å². The van der Waals surface area contributed by atoms with Crippen LogP contribution in [0.1, 0.15) is 30.0 Å². The summed E-state index contributed by atoms with van der Waals surface area (Å²) in [6.45, 7) is 0.576. The molecule has 3 heteroatoms. The molecule has 1 aromatic heterocycles. The van der Waals surface area contributed by atoms with Gasteiger partial charge in [-0.25, -0.2) is 0 Å². The third kappa shape index (κ3) is 1.76. The molecular weight excluding hydrogens is 172 g/mol. The van der Waals surface area contributed by atoms with E-state index in [9.17, 15) is 0 Å². The third-order valence-corrected chi connectivity index (χ3v) is 2.14. The maximum Gasteiger partial charge on any atom is 0.0574 e. The van der Waals surface area contributed by atoms with Crippen LogP contribution in [0.5, 0.6) is 0 Å². The molecule has 0 radical (unpaired) electrons. The molecule has 0 aliphatic heterocycles. The van der Waals surface area contributed by atoms with Crippen LogP contribution in [0.25, 0.3) is 0 Å². The summed E-state index contributed by atoms with van der Waals surface area (Å²) in [5.74, 6) is 0.766. The first-order chi connectivity index (χ1) is 5.42. The summed E-state index contributed by atoms with van der Waals surface area (Å²) in [6, 6.07) is 4.14. The minimum absolute atomic E-state index is 0. The Morgan fingerprint density at radius 2 is 2.25 bits per heavy atom. The van der Waals surface area contributed by atoms with E-state index in [1.807, 2.05) is 12.3 Å². The Morgan fingerprint density at radius 3 is 2.83 bits per heavy atom. The zero-order valence-electron chi connectivity index (χ0n) is 6.86. The molecule has 0 saturated heterocycles. The smallest absolute Gasteiger partial charge is 0.0574 e. The quantitative estimate of drug-likeness (QED) is 0.762. The lowest BCUT2D eigenvalue weighted by atomic mass is 10.1. The van der Waals surface area contributed by atoms with Crippen molar-refractivity contribution in [3.05, 3.63) is 29.6 Å². The van der Waals surface area contributed by atoms with E-state index in [4.69, 9.17) is 5.73 Å². The van der Waals surface area contributed by atoms with Gasteiger partial charge in [-0.2, -0.15) is 0 Å². The second-order valence-corrected chi connectivity index (χ2v) is 3.02. The van der Waals surface area contributed by atoms with Gasteiger partial charge in [-0.3, -0.25) is 4.98 Å². The van der Waals surface area contributed by atoms with Crippen molar-refractivity contribution < 1.29 is 0 Å². The van der Waals surface area contributed by atoms with E-state index in [2.05, 4.69) is 11.1 Å². The largest absolute Gasteiger partial charge is 0.325 e. The minimum Gasteiger partial charge on any atom is -0.325 e. The number of nitrogens with two attached hydrogens (primary N) is 1. The highest BCUT2D eigenvalue weighted by atomic mass is 35.5. The average molecular weight is 185 g/mol. The van der Waals surface area contributed by atoms with Gasteiger partial charge in [0.05, 0.1) is 5.69 Å². The summed E-state index contributed by atoms with van der Waals surface area (Å²) in [7, 11) is 0. The van der Waals surface area contributed by atoms with E-state index in [-0.39, 0.29) is 12.4 Å². The van der Waals surface area contributed by atoms with E-state index in [0.29, 0.717) is 6.54 Å². The predicted octanol–water partition coefficient (Wildman–Crippen LogP) is 1.84. The second-order valence-electron chi connectivity index (χ2n) is 3.02. The maximum atomic E-state index is 5.55. The number of halogens is 1. The van der Waals surface area contributed by atoms with Crippen molar-refractivity contribution >= 4 is 12.4 Å². The lowest BCUT2D eigenvalue weighted by Gasteiger charge is -2.02. The highest BCUT2D eigenvalue weighted by Gasteiger charge is 2.25. The first-order valence-corrected chi connectivity index (χ1v) is 4.05. The van der Waals surface area contributed by atoms with Crippen LogP contribution in [0.15, 0.2) is 18.3 Å². The van der Waals surface area contributed by atoms with Crippen molar-refractivity contribution in [2.45, 2.75) is 25.3 Å². The van der Waals surface area contributed by atoms with Crippen LogP contribution >= 0.6 is 12.4 Å². The van der Waals surface area contributed by atoms with Gasteiger partial charge >= 0.3 is 0 Å². The van der Waals surface area contributed by atoms with E-state index in [1.165, 1.54) is 18.4 Å². The van der Waals surface area contributed by atoms with Crippen molar-refractivity contribution in [1.29, 1.82) is 0 Å². The Hall–Kier alpha value is -0.600. The van der Waals surface area contributed by atoms with Crippen LogP contribution in [0, 0.1) is 0 Å². The first-order valence-electron chi connectivity index (χ1n) is 4.05. The van der Waals surface area contributed by atoms with Gasteiger partial charge in [-0.05, 0) is 30.4 Å². The number of pyridine rings is 1. The van der Waals surface area contributed by atoms with Crippen molar-refractivity contribution in [3.8, 4) is 0 Å². The molecule has 2 N–H and O–H groups in total. The molecule has 66 valence electrons. The molecular formula is C9H13ClN2. The van der Waals surface area contributed by atoms with Crippen LogP contribution in [0.3, 0.4) is 0 Å². The highest BCUT2D eigenvalue weighted by Crippen LogP contribution is 2.40. The summed E-state index contributed by atoms with van der Waals surface area (Å²) in [6.07, 6.45) is 4.45. The number of hydrogen-bond donors (Lipinski definition) is 1.